The van der Waals surface area contributed by atoms with Crippen LogP contribution in [0.1, 0.15) is 43.4 Å². The van der Waals surface area contributed by atoms with Crippen LogP contribution in [0.3, 0.4) is 0 Å². The van der Waals surface area contributed by atoms with Crippen LogP contribution in [0.25, 0.3) is 28.3 Å². The second kappa shape index (κ2) is 9.63. The van der Waals surface area contributed by atoms with E-state index in [0.29, 0.717) is 5.92 Å². The number of rotatable bonds is 7. The Hall–Kier alpha value is -4.00. The van der Waals surface area contributed by atoms with Crippen molar-refractivity contribution < 1.29 is 5.11 Å². The first-order chi connectivity index (χ1) is 18.8. The molecule has 0 radical (unpaired) electrons. The molecule has 1 atom stereocenters. The van der Waals surface area contributed by atoms with Gasteiger partial charge in [0.25, 0.3) is 0 Å². The number of para-hydroxylation sites is 1. The molecule has 0 amide bonds. The van der Waals surface area contributed by atoms with Crippen molar-refractivity contribution in [3.63, 3.8) is 0 Å². The third-order valence-electron chi connectivity index (χ3n) is 8.20. The molecular formula is C33H35N5O. The molecule has 2 aromatic carbocycles. The third-order valence-corrected chi connectivity index (χ3v) is 8.20. The third kappa shape index (κ3) is 4.30. The number of nitrogens with one attached hydrogen (secondary N) is 1. The van der Waals surface area contributed by atoms with Crippen LogP contribution in [0.2, 0.25) is 0 Å². The van der Waals surface area contributed by atoms with Crippen LogP contribution < -0.4 is 0 Å². The topological polar surface area (TPSA) is 70.0 Å². The van der Waals surface area contributed by atoms with Crippen molar-refractivity contribution in [2.75, 3.05) is 20.1 Å². The molecule has 39 heavy (non-hydrogen) atoms. The lowest BCUT2D eigenvalue weighted by Crippen LogP contribution is -2.63. The molecule has 6 rings (SSSR count). The number of pyridine rings is 1. The molecule has 0 bridgehead atoms. The highest BCUT2D eigenvalue weighted by molar-refractivity contribution is 5.68. The number of aromatic nitrogens is 4. The number of aliphatic hydroxyl groups is 1. The summed E-state index contributed by atoms with van der Waals surface area (Å²) >= 11 is 0. The van der Waals surface area contributed by atoms with Gasteiger partial charge in [0.05, 0.1) is 17.1 Å². The lowest BCUT2D eigenvalue weighted by Gasteiger charge is -2.55. The lowest BCUT2D eigenvalue weighted by atomic mass is 9.62. The van der Waals surface area contributed by atoms with Crippen molar-refractivity contribution in [1.82, 2.24) is 24.6 Å². The lowest BCUT2D eigenvalue weighted by molar-refractivity contribution is -0.127. The molecule has 2 N–H and O–H groups in total. The molecule has 0 spiro atoms. The van der Waals surface area contributed by atoms with E-state index < -0.39 is 5.60 Å². The van der Waals surface area contributed by atoms with Gasteiger partial charge >= 0.3 is 0 Å². The zero-order chi connectivity index (χ0) is 27.2. The van der Waals surface area contributed by atoms with Gasteiger partial charge in [-0.25, -0.2) is 0 Å². The van der Waals surface area contributed by atoms with Crippen LogP contribution >= 0.6 is 0 Å². The predicted molar refractivity (Wildman–Crippen MR) is 156 cm³/mol. The summed E-state index contributed by atoms with van der Waals surface area (Å²) in [5.41, 5.74) is 6.06. The highest BCUT2D eigenvalue weighted by atomic mass is 16.3. The summed E-state index contributed by atoms with van der Waals surface area (Å²) in [4.78, 5) is 6.84. The van der Waals surface area contributed by atoms with Gasteiger partial charge in [-0.3, -0.25) is 10.1 Å². The maximum absolute atomic E-state index is 12.6. The first kappa shape index (κ1) is 25.3. The molecule has 1 aliphatic heterocycles. The van der Waals surface area contributed by atoms with E-state index in [2.05, 4.69) is 94.9 Å². The monoisotopic (exact) mass is 517 g/mol. The minimum atomic E-state index is -1.20. The van der Waals surface area contributed by atoms with Crippen molar-refractivity contribution in [2.24, 2.45) is 5.41 Å². The van der Waals surface area contributed by atoms with Crippen LogP contribution in [-0.4, -0.2) is 49.9 Å². The van der Waals surface area contributed by atoms with E-state index >= 15 is 0 Å². The van der Waals surface area contributed by atoms with Gasteiger partial charge in [0.15, 0.2) is 0 Å². The number of nitrogens with zero attached hydrogens (tertiary/aromatic N) is 4. The van der Waals surface area contributed by atoms with E-state index in [-0.39, 0.29) is 5.41 Å². The van der Waals surface area contributed by atoms with E-state index in [1.54, 1.807) is 6.20 Å². The van der Waals surface area contributed by atoms with E-state index in [0.717, 1.165) is 52.5 Å². The van der Waals surface area contributed by atoms with Gasteiger partial charge in [-0.15, -0.1) is 0 Å². The highest BCUT2D eigenvalue weighted by Gasteiger charge is 2.55. The van der Waals surface area contributed by atoms with Crippen LogP contribution in [0.4, 0.5) is 0 Å². The van der Waals surface area contributed by atoms with Crippen molar-refractivity contribution in [1.29, 1.82) is 0 Å². The Balaban J connectivity index is 1.39. The molecule has 0 aliphatic carbocycles. The van der Waals surface area contributed by atoms with Gasteiger partial charge in [0.1, 0.15) is 5.60 Å². The normalized spacial score (nSPS) is 16.7. The SMILES string of the molecule is CC(C)c1ccc([C@](O)(c2cncc(-c3cc(-c4cccn4-c4ccccc4)[nH]n3)c2)C2(C)CN(C)C2)cc1. The average Bonchev–Trinajstić information content (AvgIpc) is 3.62. The zero-order valence-electron chi connectivity index (χ0n) is 23.0. The zero-order valence-corrected chi connectivity index (χ0v) is 23.0. The Morgan fingerprint density at radius 1 is 0.923 bits per heavy atom. The fourth-order valence-corrected chi connectivity index (χ4v) is 6.14. The maximum Gasteiger partial charge on any atom is 0.124 e. The average molecular weight is 518 g/mol. The molecule has 0 unspecified atom stereocenters. The van der Waals surface area contributed by atoms with Gasteiger partial charge in [-0.05, 0) is 60.5 Å². The molecule has 1 fully saturated rings. The van der Waals surface area contributed by atoms with Crippen LogP contribution in [0.5, 0.6) is 0 Å². The smallest absolute Gasteiger partial charge is 0.124 e. The minimum absolute atomic E-state index is 0.353. The summed E-state index contributed by atoms with van der Waals surface area (Å²) in [7, 11) is 2.09. The molecule has 0 saturated carbocycles. The van der Waals surface area contributed by atoms with Gasteiger partial charge < -0.3 is 14.6 Å². The van der Waals surface area contributed by atoms with Crippen molar-refractivity contribution in [3.05, 3.63) is 114 Å². The fourth-order valence-electron chi connectivity index (χ4n) is 6.14. The second-order valence-electron chi connectivity index (χ2n) is 11.4. The Morgan fingerprint density at radius 3 is 2.36 bits per heavy atom. The Labute approximate surface area is 230 Å². The first-order valence-corrected chi connectivity index (χ1v) is 13.5. The second-order valence-corrected chi connectivity index (χ2v) is 11.4. The molecule has 6 heteroatoms. The van der Waals surface area contributed by atoms with E-state index in [1.807, 2.05) is 48.8 Å². The molecule has 3 aromatic heterocycles. The maximum atomic E-state index is 12.6. The summed E-state index contributed by atoms with van der Waals surface area (Å²) < 4.78 is 2.14. The van der Waals surface area contributed by atoms with Gasteiger partial charge in [0.2, 0.25) is 0 Å². The van der Waals surface area contributed by atoms with Gasteiger partial charge in [-0.2, -0.15) is 5.10 Å². The highest BCUT2D eigenvalue weighted by Crippen LogP contribution is 2.50. The predicted octanol–water partition coefficient (Wildman–Crippen LogP) is 6.24. The summed E-state index contributed by atoms with van der Waals surface area (Å²) in [5, 5.41) is 20.4. The summed E-state index contributed by atoms with van der Waals surface area (Å²) in [5.74, 6) is 0.430. The minimum Gasteiger partial charge on any atom is -0.380 e. The quantitative estimate of drug-likeness (QED) is 0.268. The molecule has 4 heterocycles. The molecular weight excluding hydrogens is 482 g/mol. The Morgan fingerprint density at radius 2 is 1.67 bits per heavy atom. The first-order valence-electron chi connectivity index (χ1n) is 13.5. The molecule has 1 saturated heterocycles. The largest absolute Gasteiger partial charge is 0.380 e. The summed E-state index contributed by atoms with van der Waals surface area (Å²) in [6.45, 7) is 8.13. The van der Waals surface area contributed by atoms with Crippen LogP contribution in [0.15, 0.2) is 97.5 Å². The number of hydrogen-bond acceptors (Lipinski definition) is 4. The molecule has 198 valence electrons. The van der Waals surface area contributed by atoms with Crippen molar-refractivity contribution >= 4 is 0 Å². The molecule has 1 aliphatic rings. The molecule has 6 nitrogen and oxygen atoms in total. The van der Waals surface area contributed by atoms with Gasteiger partial charge in [-0.1, -0.05) is 63.2 Å². The number of benzene rings is 2. The van der Waals surface area contributed by atoms with Crippen molar-refractivity contribution in [2.45, 2.75) is 32.3 Å². The van der Waals surface area contributed by atoms with E-state index in [4.69, 9.17) is 0 Å². The Kier molecular flexibility index (Phi) is 6.25. The van der Waals surface area contributed by atoms with Crippen LogP contribution in [-0.2, 0) is 5.60 Å². The van der Waals surface area contributed by atoms with E-state index in [1.165, 1.54) is 5.56 Å². The number of likely N-dealkylation sites (tertiary alicyclic amines) is 1. The standard InChI is InChI=1S/C33H35N5O/c1-23(2)24-12-14-26(15-13-24)33(39,32(3)21-37(4)22-32)27-17-25(19-34-20-27)29-18-30(36-35-29)31-11-8-16-38(31)28-9-6-5-7-10-28/h5-20,23,39H,21-22H2,1-4H3,(H,35,36)/t33-/m0/s1. The number of aromatic amines is 1. The molecule has 5 aromatic rings. The summed E-state index contributed by atoms with van der Waals surface area (Å²) in [6.07, 6.45) is 5.67. The Bertz CT molecular complexity index is 1580. The number of hydrogen-bond donors (Lipinski definition) is 2. The van der Waals surface area contributed by atoms with Gasteiger partial charge in [0, 0.05) is 53.9 Å². The van der Waals surface area contributed by atoms with E-state index in [9.17, 15) is 5.11 Å². The van der Waals surface area contributed by atoms with Crippen LogP contribution in [0, 0.1) is 5.41 Å². The summed E-state index contributed by atoms with van der Waals surface area (Å²) in [6, 6.07) is 26.9. The number of H-pyrrole nitrogens is 1. The van der Waals surface area contributed by atoms with Crippen molar-refractivity contribution in [3.8, 4) is 28.3 Å². The fraction of sp³-hybridized carbons (Fsp3) is 0.273.